The Bertz CT molecular complexity index is 1210. The van der Waals surface area contributed by atoms with Crippen LogP contribution in [0.1, 0.15) is 61.4 Å². The van der Waals surface area contributed by atoms with Crippen molar-refractivity contribution in [1.29, 1.82) is 0 Å². The topological polar surface area (TPSA) is 69.6 Å². The van der Waals surface area contributed by atoms with Crippen LogP contribution in [0.15, 0.2) is 78.9 Å². The molecular formula is C30H33F3N2O3. The lowest BCUT2D eigenvalue weighted by Crippen LogP contribution is -2.54. The van der Waals surface area contributed by atoms with Crippen LogP contribution in [0.3, 0.4) is 0 Å². The lowest BCUT2D eigenvalue weighted by molar-refractivity contribution is -0.192. The second-order valence-electron chi connectivity index (χ2n) is 10.1. The van der Waals surface area contributed by atoms with Crippen molar-refractivity contribution in [3.63, 3.8) is 0 Å². The Morgan fingerprint density at radius 3 is 1.97 bits per heavy atom. The smallest absolute Gasteiger partial charge is 0.475 e. The molecule has 1 amide bonds. The van der Waals surface area contributed by atoms with E-state index < -0.39 is 12.1 Å². The number of hydrogen-bond donors (Lipinski definition) is 2. The molecule has 0 aromatic heterocycles. The van der Waals surface area contributed by atoms with Crippen LogP contribution in [0.2, 0.25) is 0 Å². The number of rotatable bonds is 5. The molecule has 1 atom stereocenters. The largest absolute Gasteiger partial charge is 0.490 e. The van der Waals surface area contributed by atoms with Crippen LogP contribution >= 0.6 is 0 Å². The van der Waals surface area contributed by atoms with Gasteiger partial charge < -0.3 is 10.0 Å². The summed E-state index contributed by atoms with van der Waals surface area (Å²) in [6.07, 6.45) is -4.13. The normalized spacial score (nSPS) is 16.3. The van der Waals surface area contributed by atoms with Gasteiger partial charge in [-0.2, -0.15) is 13.2 Å². The first-order valence-electron chi connectivity index (χ1n) is 12.4. The molecule has 0 fully saturated rings. The van der Waals surface area contributed by atoms with Gasteiger partial charge in [0, 0.05) is 11.2 Å². The molecule has 5 nitrogen and oxygen atoms in total. The van der Waals surface area contributed by atoms with Gasteiger partial charge in [0.1, 0.15) is 0 Å². The van der Waals surface area contributed by atoms with E-state index in [-0.39, 0.29) is 24.0 Å². The monoisotopic (exact) mass is 526 g/mol. The first-order valence-corrected chi connectivity index (χ1v) is 12.4. The van der Waals surface area contributed by atoms with E-state index in [0.29, 0.717) is 5.92 Å². The first-order chi connectivity index (χ1) is 17.8. The maximum atomic E-state index is 13.6. The quantitative estimate of drug-likeness (QED) is 0.392. The van der Waals surface area contributed by atoms with Crippen molar-refractivity contribution in [2.24, 2.45) is 0 Å². The van der Waals surface area contributed by atoms with Crippen molar-refractivity contribution in [1.82, 2.24) is 5.32 Å². The number of hydrogen-bond acceptors (Lipinski definition) is 3. The summed E-state index contributed by atoms with van der Waals surface area (Å²) in [5, 5.41) is 10.7. The number of aryl methyl sites for hydroxylation is 1. The lowest BCUT2D eigenvalue weighted by Gasteiger charge is -2.46. The summed E-state index contributed by atoms with van der Waals surface area (Å²) in [5.41, 5.74) is 5.59. The van der Waals surface area contributed by atoms with Gasteiger partial charge >= 0.3 is 12.1 Å². The van der Waals surface area contributed by atoms with Crippen LogP contribution in [-0.4, -0.2) is 35.2 Å². The fraction of sp³-hybridized carbons (Fsp3) is 0.333. The van der Waals surface area contributed by atoms with Crippen LogP contribution in [0.4, 0.5) is 18.9 Å². The van der Waals surface area contributed by atoms with E-state index in [4.69, 9.17) is 9.90 Å². The van der Waals surface area contributed by atoms with Crippen molar-refractivity contribution < 1.29 is 27.9 Å². The molecule has 0 aliphatic carbocycles. The zero-order valence-corrected chi connectivity index (χ0v) is 21.9. The number of benzene rings is 3. The fourth-order valence-corrected chi connectivity index (χ4v) is 5.00. The highest BCUT2D eigenvalue weighted by atomic mass is 19.4. The molecule has 38 heavy (non-hydrogen) atoms. The van der Waals surface area contributed by atoms with Gasteiger partial charge in [0.25, 0.3) is 0 Å². The molecule has 1 heterocycles. The summed E-state index contributed by atoms with van der Waals surface area (Å²) in [5.74, 6) is -2.21. The third kappa shape index (κ3) is 7.01. The van der Waals surface area contributed by atoms with Crippen LogP contribution in [0.25, 0.3) is 0 Å². The summed E-state index contributed by atoms with van der Waals surface area (Å²) in [7, 11) is 0. The first kappa shape index (κ1) is 28.9. The maximum absolute atomic E-state index is 13.6. The average molecular weight is 527 g/mol. The zero-order chi connectivity index (χ0) is 28.1. The van der Waals surface area contributed by atoms with Gasteiger partial charge in [0.15, 0.2) is 0 Å². The van der Waals surface area contributed by atoms with E-state index in [2.05, 4.69) is 75.5 Å². The molecule has 1 aliphatic rings. The van der Waals surface area contributed by atoms with Crippen molar-refractivity contribution >= 4 is 17.6 Å². The Hall–Kier alpha value is -3.65. The minimum atomic E-state index is -5.08. The highest BCUT2D eigenvalue weighted by Crippen LogP contribution is 2.43. The molecule has 2 N–H and O–H groups in total. The Kier molecular flexibility index (Phi) is 8.99. The summed E-state index contributed by atoms with van der Waals surface area (Å²) < 4.78 is 31.7. The van der Waals surface area contributed by atoms with Gasteiger partial charge in [0.05, 0.1) is 12.6 Å². The van der Waals surface area contributed by atoms with Gasteiger partial charge in [-0.05, 0) is 61.4 Å². The Balaban J connectivity index is 0.000000505. The van der Waals surface area contributed by atoms with E-state index in [1.165, 1.54) is 11.1 Å². The molecule has 1 unspecified atom stereocenters. The molecule has 1 aliphatic heterocycles. The number of carbonyl (C=O) groups excluding carboxylic acids is 1. The Morgan fingerprint density at radius 2 is 1.50 bits per heavy atom. The standard InChI is InChI=1S/C28H32N2O.C2HF3O2/c1-20-15-16-24-21(2)18-28(3,4)30(25(24)17-20)26(31)19-29-27(22-11-7-5-8-12-22)23-13-9-6-10-14-23;3-2(4,5)1(6)7/h5-17,21,27,29H,18-19H2,1-4H3;(H,6,7). The van der Waals surface area contributed by atoms with Crippen LogP contribution in [0, 0.1) is 6.92 Å². The number of carboxylic acid groups (broad SMARTS) is 1. The number of anilines is 1. The Morgan fingerprint density at radius 1 is 1.00 bits per heavy atom. The number of halogens is 3. The molecule has 4 rings (SSSR count). The summed E-state index contributed by atoms with van der Waals surface area (Å²) in [6.45, 7) is 8.99. The Labute approximate surface area is 221 Å². The third-order valence-electron chi connectivity index (χ3n) is 6.58. The predicted molar refractivity (Wildman–Crippen MR) is 142 cm³/mol. The van der Waals surface area contributed by atoms with E-state index in [1.54, 1.807) is 0 Å². The predicted octanol–water partition coefficient (Wildman–Crippen LogP) is 6.63. The zero-order valence-electron chi connectivity index (χ0n) is 21.9. The van der Waals surface area contributed by atoms with E-state index in [1.807, 2.05) is 41.3 Å². The number of fused-ring (bicyclic) bond motifs is 1. The van der Waals surface area contributed by atoms with Gasteiger partial charge in [-0.3, -0.25) is 10.1 Å². The lowest BCUT2D eigenvalue weighted by atomic mass is 9.79. The van der Waals surface area contributed by atoms with Gasteiger partial charge in [-0.25, -0.2) is 4.79 Å². The maximum Gasteiger partial charge on any atom is 0.490 e. The number of carboxylic acids is 1. The molecule has 0 spiro atoms. The molecule has 3 aromatic carbocycles. The number of alkyl halides is 3. The number of nitrogens with one attached hydrogen (secondary N) is 1. The second-order valence-corrected chi connectivity index (χ2v) is 10.1. The molecule has 8 heteroatoms. The fourth-order valence-electron chi connectivity index (χ4n) is 5.00. The summed E-state index contributed by atoms with van der Waals surface area (Å²) in [4.78, 5) is 24.5. The van der Waals surface area contributed by atoms with E-state index >= 15 is 0 Å². The molecule has 0 saturated carbocycles. The van der Waals surface area contributed by atoms with Crippen LogP contribution < -0.4 is 10.2 Å². The van der Waals surface area contributed by atoms with Gasteiger partial charge in [0.2, 0.25) is 5.91 Å². The van der Waals surface area contributed by atoms with Crippen molar-refractivity contribution in [2.45, 2.75) is 57.8 Å². The summed E-state index contributed by atoms with van der Waals surface area (Å²) in [6, 6.07) is 27.1. The molecule has 0 bridgehead atoms. The highest BCUT2D eigenvalue weighted by molar-refractivity contribution is 5.97. The van der Waals surface area contributed by atoms with Gasteiger partial charge in [-0.15, -0.1) is 0 Å². The third-order valence-corrected chi connectivity index (χ3v) is 6.58. The van der Waals surface area contributed by atoms with E-state index in [9.17, 15) is 18.0 Å². The van der Waals surface area contributed by atoms with Crippen LogP contribution in [-0.2, 0) is 9.59 Å². The number of aliphatic carboxylic acids is 1. The molecular weight excluding hydrogens is 493 g/mol. The molecule has 202 valence electrons. The molecule has 3 aromatic rings. The number of nitrogens with zero attached hydrogens (tertiary/aromatic N) is 1. The second kappa shape index (κ2) is 11.8. The minimum absolute atomic E-state index is 0.0323. The molecule has 0 radical (unpaired) electrons. The highest BCUT2D eigenvalue weighted by Gasteiger charge is 2.40. The molecule has 0 saturated heterocycles. The van der Waals surface area contributed by atoms with Crippen molar-refractivity contribution in [2.75, 3.05) is 11.4 Å². The number of amides is 1. The average Bonchev–Trinajstić information content (AvgIpc) is 2.84. The van der Waals surface area contributed by atoms with Crippen molar-refractivity contribution in [3.05, 3.63) is 101 Å². The van der Waals surface area contributed by atoms with Crippen LogP contribution in [0.5, 0.6) is 0 Å². The van der Waals surface area contributed by atoms with E-state index in [0.717, 1.165) is 23.2 Å². The SMILES string of the molecule is Cc1ccc2c(c1)N(C(=O)CNC(c1ccccc1)c1ccccc1)C(C)(C)CC2C.O=C(O)C(F)(F)F. The van der Waals surface area contributed by atoms with Gasteiger partial charge in [-0.1, -0.05) is 79.7 Å². The summed E-state index contributed by atoms with van der Waals surface area (Å²) >= 11 is 0. The van der Waals surface area contributed by atoms with Crippen molar-refractivity contribution in [3.8, 4) is 0 Å². The number of carbonyl (C=O) groups is 2. The minimum Gasteiger partial charge on any atom is -0.475 e.